The number of aryl methyl sites for hydroxylation is 2. The molecule has 4 aromatic rings. The van der Waals surface area contributed by atoms with E-state index in [0.29, 0.717) is 11.2 Å². The summed E-state index contributed by atoms with van der Waals surface area (Å²) in [5.41, 5.74) is 4.12. The predicted octanol–water partition coefficient (Wildman–Crippen LogP) is 2.76. The molecule has 1 aliphatic rings. The lowest BCUT2D eigenvalue weighted by Crippen LogP contribution is -2.50. The highest BCUT2D eigenvalue weighted by Gasteiger charge is 2.22. The molecule has 0 aliphatic carbocycles. The number of rotatable bonds is 6. The molecule has 1 aliphatic heterocycles. The number of nitrogens with zero attached hydrogens (tertiary/aromatic N) is 2. The van der Waals surface area contributed by atoms with E-state index in [2.05, 4.69) is 35.9 Å². The molecule has 0 radical (unpaired) electrons. The summed E-state index contributed by atoms with van der Waals surface area (Å²) in [7, 11) is 0. The molecular weight excluding hydrogens is 422 g/mol. The molecule has 2 aromatic carbocycles. The highest BCUT2D eigenvalue weighted by atomic mass is 16.5. The van der Waals surface area contributed by atoms with Crippen LogP contribution < -0.4 is 20.7 Å². The number of amides is 2. The van der Waals surface area contributed by atoms with Crippen molar-refractivity contribution in [2.24, 2.45) is 0 Å². The summed E-state index contributed by atoms with van der Waals surface area (Å²) in [5.74, 6) is -0.0261. The van der Waals surface area contributed by atoms with E-state index < -0.39 is 11.8 Å². The first-order valence-corrected chi connectivity index (χ1v) is 10.6. The van der Waals surface area contributed by atoms with Crippen LogP contribution >= 0.6 is 0 Å². The van der Waals surface area contributed by atoms with Gasteiger partial charge in [-0.05, 0) is 37.6 Å². The van der Waals surface area contributed by atoms with Gasteiger partial charge in [-0.2, -0.15) is 0 Å². The molecule has 2 aromatic heterocycles. The maximum Gasteiger partial charge on any atom is 0.276 e. The third kappa shape index (κ3) is 4.28. The molecule has 168 valence electrons. The zero-order valence-corrected chi connectivity index (χ0v) is 18.2. The van der Waals surface area contributed by atoms with Crippen LogP contribution in [0.2, 0.25) is 0 Å². The van der Waals surface area contributed by atoms with Gasteiger partial charge in [0.2, 0.25) is 5.95 Å². The molecule has 0 spiro atoms. The third-order valence-corrected chi connectivity index (χ3v) is 5.44. The van der Waals surface area contributed by atoms with Crippen LogP contribution in [0.1, 0.15) is 32.1 Å². The van der Waals surface area contributed by atoms with Crippen molar-refractivity contribution in [1.82, 2.24) is 25.3 Å². The largest absolute Gasteiger partial charge is 0.488 e. The van der Waals surface area contributed by atoms with Gasteiger partial charge in [-0.25, -0.2) is 9.97 Å². The quantitative estimate of drug-likeness (QED) is 0.310. The molecule has 5 N–H and O–H groups in total. The summed E-state index contributed by atoms with van der Waals surface area (Å²) in [4.78, 5) is 39.9. The predicted molar refractivity (Wildman–Crippen MR) is 124 cm³/mol. The van der Waals surface area contributed by atoms with Crippen molar-refractivity contribution in [3.05, 3.63) is 65.2 Å². The molecular formula is C23H23N7O3. The fraction of sp³-hybridized carbons (Fsp3) is 0.217. The van der Waals surface area contributed by atoms with Gasteiger partial charge in [-0.1, -0.05) is 17.7 Å². The number of benzene rings is 2. The summed E-state index contributed by atoms with van der Waals surface area (Å²) in [6.45, 7) is 5.53. The molecule has 5 rings (SSSR count). The number of aromatic amines is 2. The first-order chi connectivity index (χ1) is 16.0. The number of nitrogens with one attached hydrogen (secondary N) is 5. The zero-order valence-electron chi connectivity index (χ0n) is 18.2. The number of fused-ring (bicyclic) bond motifs is 1. The lowest BCUT2D eigenvalue weighted by molar-refractivity contribution is 0.0985. The van der Waals surface area contributed by atoms with Crippen LogP contribution in [0, 0.1) is 13.8 Å². The first-order valence-electron chi connectivity index (χ1n) is 10.6. The van der Waals surface area contributed by atoms with Crippen LogP contribution in [0.15, 0.2) is 42.7 Å². The van der Waals surface area contributed by atoms with Gasteiger partial charge in [0.25, 0.3) is 11.8 Å². The van der Waals surface area contributed by atoms with Gasteiger partial charge in [0.1, 0.15) is 17.5 Å². The van der Waals surface area contributed by atoms with E-state index in [0.717, 1.165) is 35.5 Å². The van der Waals surface area contributed by atoms with Gasteiger partial charge in [0.15, 0.2) is 5.69 Å². The van der Waals surface area contributed by atoms with Gasteiger partial charge in [-0.15, -0.1) is 0 Å². The van der Waals surface area contributed by atoms with Gasteiger partial charge < -0.3 is 25.3 Å². The fourth-order valence-corrected chi connectivity index (χ4v) is 3.60. The second kappa shape index (κ2) is 8.40. The van der Waals surface area contributed by atoms with E-state index in [-0.39, 0.29) is 23.4 Å². The summed E-state index contributed by atoms with van der Waals surface area (Å²) in [5, 5.41) is 8.65. The summed E-state index contributed by atoms with van der Waals surface area (Å²) < 4.78 is 5.86. The maximum absolute atomic E-state index is 12.8. The monoisotopic (exact) mass is 445 g/mol. The van der Waals surface area contributed by atoms with Crippen LogP contribution in [0.5, 0.6) is 5.75 Å². The number of anilines is 2. The molecule has 0 unspecified atom stereocenters. The lowest BCUT2D eigenvalue weighted by atomic mass is 10.1. The normalized spacial score (nSPS) is 13.5. The smallest absolute Gasteiger partial charge is 0.276 e. The van der Waals surface area contributed by atoms with Crippen LogP contribution in [0.3, 0.4) is 0 Å². The second-order valence-electron chi connectivity index (χ2n) is 8.02. The van der Waals surface area contributed by atoms with E-state index in [4.69, 9.17) is 4.74 Å². The zero-order chi connectivity index (χ0) is 22.9. The molecule has 10 heteroatoms. The van der Waals surface area contributed by atoms with Crippen molar-refractivity contribution in [3.63, 3.8) is 0 Å². The molecule has 0 bridgehead atoms. The third-order valence-electron chi connectivity index (χ3n) is 5.44. The van der Waals surface area contributed by atoms with E-state index in [1.165, 1.54) is 6.33 Å². The van der Waals surface area contributed by atoms with E-state index >= 15 is 0 Å². The number of ether oxygens (including phenoxy) is 1. The number of hydrogen-bond donors (Lipinski definition) is 5. The molecule has 1 fully saturated rings. The lowest BCUT2D eigenvalue weighted by Gasteiger charge is -2.27. The summed E-state index contributed by atoms with van der Waals surface area (Å²) >= 11 is 0. The molecule has 0 saturated carbocycles. The second-order valence-corrected chi connectivity index (χ2v) is 8.02. The van der Waals surface area contributed by atoms with Crippen molar-refractivity contribution in [1.29, 1.82) is 0 Å². The van der Waals surface area contributed by atoms with Crippen LogP contribution in [0.25, 0.3) is 11.0 Å². The van der Waals surface area contributed by atoms with E-state index in [9.17, 15) is 9.59 Å². The average molecular weight is 445 g/mol. The van der Waals surface area contributed by atoms with Crippen molar-refractivity contribution in [2.45, 2.75) is 20.0 Å². The van der Waals surface area contributed by atoms with Crippen LogP contribution in [0.4, 0.5) is 11.6 Å². The fourth-order valence-electron chi connectivity index (χ4n) is 3.60. The Balaban J connectivity index is 1.30. The Hall–Kier alpha value is -4.18. The maximum atomic E-state index is 12.8. The van der Waals surface area contributed by atoms with E-state index in [1.54, 1.807) is 0 Å². The minimum absolute atomic E-state index is 0.00613. The number of carbonyl (C=O) groups is 2. The number of imidazole rings is 2. The Bertz CT molecular complexity index is 1350. The van der Waals surface area contributed by atoms with Gasteiger partial charge in [-0.3, -0.25) is 14.9 Å². The van der Waals surface area contributed by atoms with Crippen molar-refractivity contribution >= 4 is 34.5 Å². The summed E-state index contributed by atoms with van der Waals surface area (Å²) in [6.07, 6.45) is 1.47. The molecule has 0 atom stereocenters. The highest BCUT2D eigenvalue weighted by Crippen LogP contribution is 2.23. The highest BCUT2D eigenvalue weighted by molar-refractivity contribution is 6.13. The van der Waals surface area contributed by atoms with Crippen molar-refractivity contribution in [2.75, 3.05) is 23.7 Å². The Morgan fingerprint density at radius 2 is 1.91 bits per heavy atom. The van der Waals surface area contributed by atoms with Crippen molar-refractivity contribution in [3.8, 4) is 5.75 Å². The van der Waals surface area contributed by atoms with Gasteiger partial charge in [0.05, 0.1) is 17.4 Å². The molecule has 2 amide bonds. The Morgan fingerprint density at radius 3 is 2.67 bits per heavy atom. The number of aromatic nitrogens is 4. The minimum atomic E-state index is -0.533. The van der Waals surface area contributed by atoms with E-state index in [1.807, 2.05) is 50.2 Å². The molecule has 3 heterocycles. The Kier molecular flexibility index (Phi) is 5.27. The SMILES string of the molecule is Cc1ccc(NC(=O)c2nc[nH]c2C(=O)Nc2nc3ccc(OC4CNC4)cc3[nH]2)c(C)c1. The Morgan fingerprint density at radius 1 is 1.06 bits per heavy atom. The van der Waals surface area contributed by atoms with Gasteiger partial charge >= 0.3 is 0 Å². The number of carbonyl (C=O) groups excluding carboxylic acids is 2. The summed E-state index contributed by atoms with van der Waals surface area (Å²) in [6, 6.07) is 11.2. The van der Waals surface area contributed by atoms with Crippen LogP contribution in [-0.4, -0.2) is 50.9 Å². The number of hydrogen-bond acceptors (Lipinski definition) is 6. The molecule has 10 nitrogen and oxygen atoms in total. The molecule has 1 saturated heterocycles. The topological polar surface area (TPSA) is 137 Å². The van der Waals surface area contributed by atoms with Gasteiger partial charge in [0, 0.05) is 24.8 Å². The average Bonchev–Trinajstić information content (AvgIpc) is 3.39. The minimum Gasteiger partial charge on any atom is -0.488 e. The van der Waals surface area contributed by atoms with Crippen molar-refractivity contribution < 1.29 is 14.3 Å². The first kappa shape index (κ1) is 20.7. The standard InChI is InChI=1S/C23H23N7O3/c1-12-3-5-16(13(2)7-12)27-21(31)19-20(26-11-25-19)22(32)30-23-28-17-6-4-14(8-18(17)29-23)33-15-9-24-10-15/h3-8,11,15,24H,9-10H2,1-2H3,(H,25,26)(H,27,31)(H2,28,29,30,32). The number of H-pyrrole nitrogens is 2. The molecule has 33 heavy (non-hydrogen) atoms. The Labute approximate surface area is 189 Å². The van der Waals surface area contributed by atoms with Crippen LogP contribution in [-0.2, 0) is 0 Å².